The van der Waals surface area contributed by atoms with Gasteiger partial charge in [-0.05, 0) is 68.1 Å². The minimum absolute atomic E-state index is 0.00594. The Balaban J connectivity index is 1.52. The fourth-order valence-corrected chi connectivity index (χ4v) is 10.2. The summed E-state index contributed by atoms with van der Waals surface area (Å²) in [6.45, 7) is 13.6. The predicted molar refractivity (Wildman–Crippen MR) is 188 cm³/mol. The number of hydrogen-bond donors (Lipinski definition) is 4. The highest BCUT2D eigenvalue weighted by Crippen LogP contribution is 2.36. The van der Waals surface area contributed by atoms with Crippen LogP contribution in [0.1, 0.15) is 112 Å². The van der Waals surface area contributed by atoms with Gasteiger partial charge in [0, 0.05) is 13.1 Å². The zero-order valence-electron chi connectivity index (χ0n) is 30.1. The number of amides is 5. The Bertz CT molecular complexity index is 1360. The molecule has 4 rings (SSSR count). The van der Waals surface area contributed by atoms with Crippen molar-refractivity contribution in [2.75, 3.05) is 18.8 Å². The van der Waals surface area contributed by atoms with Crippen LogP contribution in [0, 0.1) is 23.2 Å². The fraction of sp³-hybridized carbons (Fsp3) is 0.806. The molecule has 3 saturated carbocycles. The molecule has 0 aromatic rings. The molecule has 3 aliphatic carbocycles. The van der Waals surface area contributed by atoms with Crippen LogP contribution < -0.4 is 21.3 Å². The van der Waals surface area contributed by atoms with Gasteiger partial charge in [-0.2, -0.15) is 0 Å². The molecule has 1 saturated heterocycles. The van der Waals surface area contributed by atoms with Gasteiger partial charge >= 0.3 is 6.03 Å². The third-order valence-electron chi connectivity index (χ3n) is 11.0. The van der Waals surface area contributed by atoms with Gasteiger partial charge in [-0.25, -0.2) is 13.2 Å². The van der Waals surface area contributed by atoms with Gasteiger partial charge in [0.1, 0.15) is 18.1 Å². The molecule has 4 atom stereocenters. The molecule has 0 bridgehead atoms. The minimum atomic E-state index is -3.42. The summed E-state index contributed by atoms with van der Waals surface area (Å²) < 4.78 is 26.9. The van der Waals surface area contributed by atoms with Gasteiger partial charge < -0.3 is 26.2 Å². The van der Waals surface area contributed by atoms with E-state index in [4.69, 9.17) is 0 Å². The Kier molecular flexibility index (Phi) is 12.6. The molecule has 4 fully saturated rings. The summed E-state index contributed by atoms with van der Waals surface area (Å²) in [5.41, 5.74) is -1.66. The largest absolute Gasteiger partial charge is 0.346 e. The Morgan fingerprint density at radius 2 is 1.55 bits per heavy atom. The number of sulfone groups is 1. The van der Waals surface area contributed by atoms with Crippen molar-refractivity contribution in [3.05, 3.63) is 12.7 Å². The zero-order valence-corrected chi connectivity index (χ0v) is 31.0. The number of likely N-dealkylation sites (tertiary alicyclic amines) is 1. The summed E-state index contributed by atoms with van der Waals surface area (Å²) in [6.07, 6.45) is 10.1. The first kappa shape index (κ1) is 38.8. The second kappa shape index (κ2) is 15.9. The number of urea groups is 1. The van der Waals surface area contributed by atoms with Crippen LogP contribution in [0.25, 0.3) is 0 Å². The molecule has 0 aromatic heterocycles. The lowest BCUT2D eigenvalue weighted by atomic mass is 9.83. The number of nitrogens with zero attached hydrogens (tertiary/aromatic N) is 1. The highest BCUT2D eigenvalue weighted by molar-refractivity contribution is 7.92. The number of hydrogen-bond acceptors (Lipinski definition) is 7. The van der Waals surface area contributed by atoms with Gasteiger partial charge in [-0.1, -0.05) is 72.8 Å². The molecule has 13 heteroatoms. The molecular weight excluding hydrogens is 646 g/mol. The Morgan fingerprint density at radius 1 is 0.918 bits per heavy atom. The van der Waals surface area contributed by atoms with Crippen LogP contribution in [0.3, 0.4) is 0 Å². The van der Waals surface area contributed by atoms with Crippen molar-refractivity contribution in [2.24, 2.45) is 23.2 Å². The van der Waals surface area contributed by atoms with E-state index in [1.807, 2.05) is 34.6 Å². The monoisotopic (exact) mass is 705 g/mol. The van der Waals surface area contributed by atoms with Gasteiger partial charge in [-0.3, -0.25) is 19.2 Å². The van der Waals surface area contributed by atoms with Gasteiger partial charge in [0.25, 0.3) is 5.91 Å². The Morgan fingerprint density at radius 3 is 2.10 bits per heavy atom. The number of carbonyl (C=O) groups is 5. The molecule has 1 heterocycles. The topological polar surface area (TPSA) is 171 Å². The van der Waals surface area contributed by atoms with Crippen LogP contribution in [0.5, 0.6) is 0 Å². The standard InChI is InChI=1S/C36H59N5O7S/c1-7-19-37-32(44)29(42)28(24-15-16-24)38-31(43)27-20-25(23(2)3)21-41(27)33(45)30(35(4,5)6)39-34(46)40-36(17-11-8-12-18-36)22-49(47,48)26-13-9-10-14-26/h7,23-28,30H,1,8-22H2,2-6H3,(H,37,44)(H,38,43)(H2,39,40,46). The first-order chi connectivity index (χ1) is 23.0. The van der Waals surface area contributed by atoms with Crippen LogP contribution in [0.4, 0.5) is 4.79 Å². The third-order valence-corrected chi connectivity index (χ3v) is 13.5. The van der Waals surface area contributed by atoms with E-state index in [1.165, 1.54) is 11.0 Å². The second-order valence-electron chi connectivity index (χ2n) is 16.4. The fourth-order valence-electron chi connectivity index (χ4n) is 7.82. The van der Waals surface area contributed by atoms with Gasteiger partial charge in [0.15, 0.2) is 9.84 Å². The summed E-state index contributed by atoms with van der Waals surface area (Å²) in [5, 5.41) is 10.9. The lowest BCUT2D eigenvalue weighted by Crippen LogP contribution is -2.63. The Hall–Kier alpha value is -2.96. The number of rotatable bonds is 14. The number of ketones is 1. The predicted octanol–water partition coefficient (Wildman–Crippen LogP) is 3.40. The summed E-state index contributed by atoms with van der Waals surface area (Å²) in [6, 6.07) is -3.49. The van der Waals surface area contributed by atoms with E-state index in [0.29, 0.717) is 51.5 Å². The maximum atomic E-state index is 14.4. The molecule has 5 amide bonds. The van der Waals surface area contributed by atoms with E-state index >= 15 is 0 Å². The van der Waals surface area contributed by atoms with Crippen molar-refractivity contribution in [3.8, 4) is 0 Å². The van der Waals surface area contributed by atoms with Crippen LogP contribution in [-0.2, 0) is 29.0 Å². The van der Waals surface area contributed by atoms with Crippen molar-refractivity contribution in [2.45, 2.75) is 141 Å². The first-order valence-corrected chi connectivity index (χ1v) is 20.0. The van der Waals surface area contributed by atoms with E-state index in [1.54, 1.807) is 0 Å². The van der Waals surface area contributed by atoms with E-state index in [9.17, 15) is 32.4 Å². The molecule has 4 unspecified atom stereocenters. The van der Waals surface area contributed by atoms with Crippen molar-refractivity contribution < 1.29 is 32.4 Å². The normalized spacial score (nSPS) is 24.2. The highest BCUT2D eigenvalue weighted by atomic mass is 32.2. The lowest BCUT2D eigenvalue weighted by Gasteiger charge is -2.40. The van der Waals surface area contributed by atoms with Crippen molar-refractivity contribution in [3.63, 3.8) is 0 Å². The molecule has 49 heavy (non-hydrogen) atoms. The maximum Gasteiger partial charge on any atom is 0.315 e. The number of Topliss-reactive ketones (excluding diaryl/α,β-unsaturated/α-hetero) is 1. The van der Waals surface area contributed by atoms with Gasteiger partial charge in [0.2, 0.25) is 17.6 Å². The van der Waals surface area contributed by atoms with E-state index in [0.717, 1.165) is 32.1 Å². The van der Waals surface area contributed by atoms with Crippen LogP contribution in [0.15, 0.2) is 12.7 Å². The SMILES string of the molecule is C=CCNC(=O)C(=O)C(NC(=O)C1CC(C(C)C)CN1C(=O)C(NC(=O)NC1(CS(=O)(=O)C2CCCC2)CCCCC1)C(C)(C)C)C1CC1. The summed E-state index contributed by atoms with van der Waals surface area (Å²) in [5.74, 6) is -2.49. The highest BCUT2D eigenvalue weighted by Gasteiger charge is 2.48. The molecule has 276 valence electrons. The summed E-state index contributed by atoms with van der Waals surface area (Å²) >= 11 is 0. The average molecular weight is 706 g/mol. The summed E-state index contributed by atoms with van der Waals surface area (Å²) in [4.78, 5) is 69.2. The second-order valence-corrected chi connectivity index (χ2v) is 18.7. The molecule has 0 radical (unpaired) electrons. The average Bonchev–Trinajstić information content (AvgIpc) is 3.50. The van der Waals surface area contributed by atoms with Crippen molar-refractivity contribution >= 4 is 39.4 Å². The number of carbonyl (C=O) groups excluding carboxylic acids is 5. The summed E-state index contributed by atoms with van der Waals surface area (Å²) in [7, 11) is -3.42. The van der Waals surface area contributed by atoms with Gasteiger partial charge in [-0.15, -0.1) is 6.58 Å². The van der Waals surface area contributed by atoms with Crippen LogP contribution in [0.2, 0.25) is 0 Å². The zero-order chi connectivity index (χ0) is 36.1. The maximum absolute atomic E-state index is 14.4. The minimum Gasteiger partial charge on any atom is -0.346 e. The van der Waals surface area contributed by atoms with Crippen molar-refractivity contribution in [1.82, 2.24) is 26.2 Å². The smallest absolute Gasteiger partial charge is 0.315 e. The molecule has 4 N–H and O–H groups in total. The molecule has 0 spiro atoms. The quantitative estimate of drug-likeness (QED) is 0.159. The van der Waals surface area contributed by atoms with E-state index < -0.39 is 68.5 Å². The van der Waals surface area contributed by atoms with Crippen molar-refractivity contribution in [1.29, 1.82) is 0 Å². The molecule has 1 aliphatic heterocycles. The van der Waals surface area contributed by atoms with Crippen LogP contribution in [-0.4, -0.2) is 90.6 Å². The van der Waals surface area contributed by atoms with E-state index in [2.05, 4.69) is 27.8 Å². The lowest BCUT2D eigenvalue weighted by molar-refractivity contribution is -0.144. The Labute approximate surface area is 292 Å². The molecule has 4 aliphatic rings. The molecular formula is C36H59N5O7S. The van der Waals surface area contributed by atoms with Crippen LogP contribution >= 0.6 is 0 Å². The first-order valence-electron chi connectivity index (χ1n) is 18.3. The van der Waals surface area contributed by atoms with E-state index in [-0.39, 0.29) is 35.3 Å². The third kappa shape index (κ3) is 9.85. The molecule has 12 nitrogen and oxygen atoms in total. The van der Waals surface area contributed by atoms with Gasteiger partial charge in [0.05, 0.1) is 16.5 Å². The molecule has 0 aromatic carbocycles. The number of nitrogens with one attached hydrogen (secondary N) is 4.